The molecule has 1 saturated heterocycles. The zero-order valence-corrected chi connectivity index (χ0v) is 29.6. The van der Waals surface area contributed by atoms with Crippen LogP contribution in [-0.4, -0.2) is 82.6 Å². The molecule has 1 fully saturated rings. The molecule has 0 saturated carbocycles. The number of aliphatic carboxylic acids is 1. The fraction of sp³-hybridized carbons (Fsp3) is 0.447. The number of aryl methyl sites for hydroxylation is 1. The van der Waals surface area contributed by atoms with Gasteiger partial charge in [-0.2, -0.15) is 0 Å². The number of benzene rings is 3. The van der Waals surface area contributed by atoms with Crippen LogP contribution in [0.3, 0.4) is 0 Å². The van der Waals surface area contributed by atoms with Crippen molar-refractivity contribution in [2.24, 2.45) is 0 Å². The van der Waals surface area contributed by atoms with Gasteiger partial charge in [-0.3, -0.25) is 4.79 Å². The van der Waals surface area contributed by atoms with Gasteiger partial charge in [-0.15, -0.1) is 0 Å². The number of hydrogen-bond acceptors (Lipinski definition) is 10. The summed E-state index contributed by atoms with van der Waals surface area (Å²) < 4.78 is 39.3. The number of likely N-dealkylation sites (tertiary alicyclic amines) is 1. The Morgan fingerprint density at radius 2 is 1.50 bits per heavy atom. The lowest BCUT2D eigenvalue weighted by Gasteiger charge is -2.37. The molecular formula is C38H47NO11. The molecule has 1 N–H and O–H groups in total. The molecule has 1 aliphatic rings. The van der Waals surface area contributed by atoms with Gasteiger partial charge in [0.15, 0.2) is 29.6 Å². The molecule has 1 aliphatic heterocycles. The van der Waals surface area contributed by atoms with E-state index in [0.717, 1.165) is 18.4 Å². The quantitative estimate of drug-likeness (QED) is 0.167. The molecule has 0 bridgehead atoms. The Morgan fingerprint density at radius 1 is 0.820 bits per heavy atom. The second-order valence-corrected chi connectivity index (χ2v) is 11.8. The third kappa shape index (κ3) is 8.90. The minimum Gasteiger partial charge on any atom is -0.493 e. The maximum atomic E-state index is 14.3. The number of ether oxygens (including phenoxy) is 7. The summed E-state index contributed by atoms with van der Waals surface area (Å²) in [5, 5.41) is 9.29. The van der Waals surface area contributed by atoms with Crippen LogP contribution < -0.4 is 28.4 Å². The van der Waals surface area contributed by atoms with E-state index in [0.29, 0.717) is 77.9 Å². The van der Waals surface area contributed by atoms with Crippen molar-refractivity contribution in [3.8, 4) is 34.5 Å². The van der Waals surface area contributed by atoms with E-state index in [-0.39, 0.29) is 5.91 Å². The number of carboxylic acids is 1. The summed E-state index contributed by atoms with van der Waals surface area (Å²) in [6.07, 6.45) is 2.43. The second kappa shape index (κ2) is 18.0. The van der Waals surface area contributed by atoms with Crippen molar-refractivity contribution in [1.29, 1.82) is 0 Å². The molecular weight excluding hydrogens is 646 g/mol. The minimum absolute atomic E-state index is 0.199. The van der Waals surface area contributed by atoms with Crippen molar-refractivity contribution in [3.05, 3.63) is 71.3 Å². The number of piperidine rings is 1. The lowest BCUT2D eigenvalue weighted by Crippen LogP contribution is -2.50. The molecule has 50 heavy (non-hydrogen) atoms. The Morgan fingerprint density at radius 3 is 2.12 bits per heavy atom. The van der Waals surface area contributed by atoms with E-state index in [1.807, 2.05) is 25.1 Å². The first-order valence-corrected chi connectivity index (χ1v) is 16.6. The average Bonchev–Trinajstić information content (AvgIpc) is 3.15. The third-order valence-corrected chi connectivity index (χ3v) is 8.87. The van der Waals surface area contributed by atoms with E-state index in [4.69, 9.17) is 33.2 Å². The lowest BCUT2D eigenvalue weighted by atomic mass is 9.91. The molecule has 3 atom stereocenters. The van der Waals surface area contributed by atoms with Gasteiger partial charge < -0.3 is 43.2 Å². The predicted octanol–water partition coefficient (Wildman–Crippen LogP) is 5.99. The van der Waals surface area contributed by atoms with Crippen molar-refractivity contribution in [2.75, 3.05) is 48.7 Å². The summed E-state index contributed by atoms with van der Waals surface area (Å²) in [4.78, 5) is 41.4. The first-order valence-electron chi connectivity index (χ1n) is 16.6. The monoisotopic (exact) mass is 693 g/mol. The molecule has 0 aliphatic carbocycles. The van der Waals surface area contributed by atoms with Gasteiger partial charge in [-0.05, 0) is 80.0 Å². The van der Waals surface area contributed by atoms with Crippen molar-refractivity contribution < 1.29 is 52.6 Å². The number of carboxylic acid groups (broad SMARTS) is 1. The van der Waals surface area contributed by atoms with Crippen molar-refractivity contribution in [3.63, 3.8) is 0 Å². The van der Waals surface area contributed by atoms with E-state index in [1.54, 1.807) is 55.5 Å². The van der Waals surface area contributed by atoms with Crippen molar-refractivity contribution >= 4 is 17.8 Å². The Labute approximate surface area is 293 Å². The van der Waals surface area contributed by atoms with E-state index in [9.17, 15) is 19.5 Å². The smallest absolute Gasteiger partial charge is 0.341 e. The molecule has 12 nitrogen and oxygen atoms in total. The Hall–Kier alpha value is -5.13. The number of esters is 1. The molecule has 0 unspecified atom stereocenters. The van der Waals surface area contributed by atoms with Crippen molar-refractivity contribution in [2.45, 2.75) is 63.5 Å². The number of carbonyl (C=O) groups excluding carboxylic acids is 2. The van der Waals surface area contributed by atoms with Gasteiger partial charge in [0, 0.05) is 12.1 Å². The first-order chi connectivity index (χ1) is 24.2. The highest BCUT2D eigenvalue weighted by Gasteiger charge is 2.38. The number of nitrogens with zero attached hydrogens (tertiary/aromatic N) is 1. The van der Waals surface area contributed by atoms with Crippen LogP contribution in [0.1, 0.15) is 67.7 Å². The van der Waals surface area contributed by atoms with E-state index < -0.39 is 36.6 Å². The molecule has 270 valence electrons. The molecule has 1 amide bonds. The van der Waals surface area contributed by atoms with E-state index >= 15 is 0 Å². The van der Waals surface area contributed by atoms with Crippen LogP contribution in [0.2, 0.25) is 0 Å². The molecule has 4 rings (SSSR count). The summed E-state index contributed by atoms with van der Waals surface area (Å²) in [6.45, 7) is 1.76. The third-order valence-electron chi connectivity index (χ3n) is 8.87. The van der Waals surface area contributed by atoms with Crippen LogP contribution in [0.15, 0.2) is 54.6 Å². The topological polar surface area (TPSA) is 139 Å². The summed E-state index contributed by atoms with van der Waals surface area (Å²) in [5.41, 5.74) is 2.13. The molecule has 0 radical (unpaired) electrons. The average molecular weight is 694 g/mol. The van der Waals surface area contributed by atoms with Gasteiger partial charge in [-0.25, -0.2) is 9.59 Å². The Balaban J connectivity index is 1.64. The van der Waals surface area contributed by atoms with E-state index in [2.05, 4.69) is 0 Å². The summed E-state index contributed by atoms with van der Waals surface area (Å²) in [6, 6.07) is 15.2. The highest BCUT2D eigenvalue weighted by molar-refractivity contribution is 5.89. The maximum Gasteiger partial charge on any atom is 0.341 e. The maximum absolute atomic E-state index is 14.3. The highest BCUT2D eigenvalue weighted by Crippen LogP contribution is 2.42. The van der Waals surface area contributed by atoms with E-state index in [1.165, 1.54) is 21.3 Å². The normalized spacial score (nSPS) is 15.3. The summed E-state index contributed by atoms with van der Waals surface area (Å²) in [7, 11) is 7.68. The van der Waals surface area contributed by atoms with Gasteiger partial charge in [-0.1, -0.05) is 31.2 Å². The highest BCUT2D eigenvalue weighted by atomic mass is 16.6. The fourth-order valence-corrected chi connectivity index (χ4v) is 6.34. The van der Waals surface area contributed by atoms with Gasteiger partial charge in [0.2, 0.25) is 11.7 Å². The van der Waals surface area contributed by atoms with Crippen LogP contribution in [0.4, 0.5) is 0 Å². The molecule has 1 heterocycles. The number of para-hydroxylation sites is 1. The molecule has 12 heteroatoms. The van der Waals surface area contributed by atoms with Crippen molar-refractivity contribution in [1.82, 2.24) is 4.90 Å². The predicted molar refractivity (Wildman–Crippen MR) is 185 cm³/mol. The van der Waals surface area contributed by atoms with Crippen LogP contribution in [0, 0.1) is 0 Å². The first kappa shape index (κ1) is 37.7. The van der Waals surface area contributed by atoms with Gasteiger partial charge in [0.05, 0.1) is 41.5 Å². The zero-order valence-electron chi connectivity index (χ0n) is 29.6. The van der Waals surface area contributed by atoms with Crippen LogP contribution in [0.25, 0.3) is 0 Å². The molecule has 0 aromatic heterocycles. The number of hydrogen-bond donors (Lipinski definition) is 1. The number of methoxy groups -OCH3 is 5. The molecule has 3 aromatic rings. The molecule has 0 spiro atoms. The number of rotatable bonds is 17. The largest absolute Gasteiger partial charge is 0.493 e. The number of carbonyl (C=O) groups is 3. The van der Waals surface area contributed by atoms with Gasteiger partial charge >= 0.3 is 11.9 Å². The second-order valence-electron chi connectivity index (χ2n) is 11.8. The van der Waals surface area contributed by atoms with Crippen LogP contribution >= 0.6 is 0 Å². The van der Waals surface area contributed by atoms with Gasteiger partial charge in [0.1, 0.15) is 17.9 Å². The number of amides is 1. The minimum atomic E-state index is -1.13. The van der Waals surface area contributed by atoms with Crippen LogP contribution in [0.5, 0.6) is 34.5 Å². The summed E-state index contributed by atoms with van der Waals surface area (Å²) in [5.74, 6) is 0.294. The summed E-state index contributed by atoms with van der Waals surface area (Å²) >= 11 is 0. The van der Waals surface area contributed by atoms with Crippen LogP contribution in [-0.2, 0) is 25.5 Å². The zero-order chi connectivity index (χ0) is 36.2. The SMILES string of the molecule is CC[C@H](C(=O)N1CCCC[C@H]1C(=O)O[C@H](CCc1ccc(OC)c(OC)c1)c1ccccc1OCC(=O)O)c1cc(OC)c(OC)c(OC)c1. The Kier molecular flexibility index (Phi) is 13.6. The van der Waals surface area contributed by atoms with Gasteiger partial charge in [0.25, 0.3) is 0 Å². The molecule has 3 aromatic carbocycles. The lowest BCUT2D eigenvalue weighted by molar-refractivity contribution is -0.162. The Bertz CT molecular complexity index is 1600. The standard InChI is InChI=1S/C38H47NO11/c1-7-26(25-21-33(46-4)36(48-6)34(22-25)47-5)37(42)39-19-11-10-13-28(39)38(43)50-30(27-12-8-9-14-29(27)49-23-35(40)41)17-15-24-16-18-31(44-2)32(20-24)45-3/h8-9,12,14,16,18,20-22,26,28,30H,7,10-11,13,15,17,19,23H2,1-6H3,(H,40,41)/t26-,28-,30+/m0/s1. The fourth-order valence-electron chi connectivity index (χ4n) is 6.34.